The number of hydrogen-bond acceptors (Lipinski definition) is 13. The topological polar surface area (TPSA) is 229 Å². The number of imide groups is 2. The number of unbranched alkanes of at least 4 members (excludes halogenated alkanes) is 11. The summed E-state index contributed by atoms with van der Waals surface area (Å²) in [5.41, 5.74) is 5.79. The second-order valence-electron chi connectivity index (χ2n) is 22.0. The molecule has 0 aliphatic carbocycles. The first-order chi connectivity index (χ1) is 39.9. The summed E-state index contributed by atoms with van der Waals surface area (Å²) in [6.07, 6.45) is 18.2. The number of hydrogen-bond donors (Lipinski definition) is 5. The molecule has 0 radical (unpaired) electrons. The van der Waals surface area contributed by atoms with Gasteiger partial charge < -0.3 is 30.5 Å². The molecule has 0 bridgehead atoms. The Morgan fingerprint density at radius 2 is 1.45 bits per heavy atom. The van der Waals surface area contributed by atoms with Crippen molar-refractivity contribution in [2.45, 2.75) is 141 Å². The number of fused-ring (bicyclic) bond motifs is 2. The van der Waals surface area contributed by atoms with E-state index < -0.39 is 41.3 Å². The number of piperazine rings is 1. The molecule has 6 aromatic rings. The van der Waals surface area contributed by atoms with Crippen molar-refractivity contribution in [1.29, 1.82) is 0 Å². The molecule has 2 aromatic heterocycles. The fourth-order valence-corrected chi connectivity index (χ4v) is 11.6. The van der Waals surface area contributed by atoms with Crippen molar-refractivity contribution >= 4 is 69.2 Å². The Balaban J connectivity index is 0.581. The lowest BCUT2D eigenvalue weighted by Crippen LogP contribution is -2.54. The molecule has 3 saturated heterocycles. The van der Waals surface area contributed by atoms with Crippen molar-refractivity contribution in [3.63, 3.8) is 0 Å². The molecule has 5 N–H and O–H groups in total. The molecule has 6 amide bonds. The lowest BCUT2D eigenvalue weighted by Gasteiger charge is -2.36. The van der Waals surface area contributed by atoms with E-state index in [2.05, 4.69) is 46.7 Å². The highest BCUT2D eigenvalue weighted by Crippen LogP contribution is 2.34. The summed E-state index contributed by atoms with van der Waals surface area (Å²) in [6.45, 7) is 4.99. The van der Waals surface area contributed by atoms with Crippen molar-refractivity contribution < 1.29 is 42.3 Å². The van der Waals surface area contributed by atoms with Crippen molar-refractivity contribution in [2.75, 3.05) is 60.2 Å². The number of piperidine rings is 1. The zero-order chi connectivity index (χ0) is 57.0. The number of amides is 6. The molecule has 432 valence electrons. The fourth-order valence-electron chi connectivity index (χ4n) is 11.6. The number of anilines is 4. The van der Waals surface area contributed by atoms with E-state index in [0.717, 1.165) is 73.7 Å². The SMILES string of the molecule is O=C1CCC(N2C(=O)c3cccc(NCc4cn(CCCCCCCCCCCCCCC(=O)N5CCN(c6ccc(C(=O)Nc7n[nH]c8ccc(Cc9cc(F)cc(F)c9)cc78)c(NC7CCOCC7)c6)CC5)nn4)c3C2=O)C(=O)N1. The molecule has 19 nitrogen and oxygen atoms in total. The van der Waals surface area contributed by atoms with Gasteiger partial charge in [0.25, 0.3) is 17.7 Å². The molecular formula is C61H72F2N12O7. The van der Waals surface area contributed by atoms with Gasteiger partial charge in [0.05, 0.1) is 34.9 Å². The first-order valence-electron chi connectivity index (χ1n) is 29.2. The van der Waals surface area contributed by atoms with Gasteiger partial charge in [-0.15, -0.1) is 5.10 Å². The molecule has 0 saturated carbocycles. The molecule has 82 heavy (non-hydrogen) atoms. The highest BCUT2D eigenvalue weighted by atomic mass is 19.1. The van der Waals surface area contributed by atoms with E-state index in [-0.39, 0.29) is 41.8 Å². The van der Waals surface area contributed by atoms with E-state index in [0.29, 0.717) is 104 Å². The van der Waals surface area contributed by atoms with Crippen LogP contribution in [0.2, 0.25) is 0 Å². The van der Waals surface area contributed by atoms with E-state index in [1.54, 1.807) is 18.2 Å². The number of halogens is 2. The minimum Gasteiger partial charge on any atom is -0.381 e. The van der Waals surface area contributed by atoms with Crippen LogP contribution in [-0.4, -0.2) is 122 Å². The number of H-pyrrole nitrogens is 1. The van der Waals surface area contributed by atoms with Crippen molar-refractivity contribution in [1.82, 2.24) is 40.3 Å². The molecule has 4 aromatic carbocycles. The summed E-state index contributed by atoms with van der Waals surface area (Å²) in [4.78, 5) is 83.3. The van der Waals surface area contributed by atoms with Crippen molar-refractivity contribution in [2.24, 2.45) is 0 Å². The molecule has 4 aliphatic rings. The molecule has 0 spiro atoms. The third kappa shape index (κ3) is 14.3. The maximum Gasteiger partial charge on any atom is 0.264 e. The van der Waals surface area contributed by atoms with Crippen LogP contribution in [0.4, 0.5) is 31.7 Å². The van der Waals surface area contributed by atoms with Gasteiger partial charge in [0.2, 0.25) is 17.7 Å². The van der Waals surface area contributed by atoms with Crippen molar-refractivity contribution in [3.8, 4) is 0 Å². The number of ether oxygens (including phenoxy) is 1. The van der Waals surface area contributed by atoms with Crippen molar-refractivity contribution in [3.05, 3.63) is 124 Å². The number of rotatable bonds is 26. The van der Waals surface area contributed by atoms with E-state index in [9.17, 15) is 37.5 Å². The van der Waals surface area contributed by atoms with Gasteiger partial charge in [-0.05, 0) is 104 Å². The first-order valence-corrected chi connectivity index (χ1v) is 29.2. The molecule has 21 heteroatoms. The van der Waals surface area contributed by atoms with Gasteiger partial charge in [-0.2, -0.15) is 5.10 Å². The second-order valence-corrected chi connectivity index (χ2v) is 22.0. The highest BCUT2D eigenvalue weighted by Gasteiger charge is 2.45. The van der Waals surface area contributed by atoms with Crippen LogP contribution >= 0.6 is 0 Å². The number of benzene rings is 4. The maximum absolute atomic E-state index is 14.0. The Kier molecular flexibility index (Phi) is 18.9. The fraction of sp³-hybridized carbons (Fsp3) is 0.459. The Hall–Kier alpha value is -8.07. The van der Waals surface area contributed by atoms with Crippen LogP contribution in [-0.2, 0) is 38.6 Å². The van der Waals surface area contributed by atoms with Gasteiger partial charge in [-0.1, -0.05) is 81.6 Å². The van der Waals surface area contributed by atoms with Gasteiger partial charge in [0, 0.05) is 93.3 Å². The predicted octanol–water partition coefficient (Wildman–Crippen LogP) is 9.30. The van der Waals surface area contributed by atoms with Gasteiger partial charge >= 0.3 is 0 Å². The van der Waals surface area contributed by atoms with Crippen LogP contribution in [0.3, 0.4) is 0 Å². The van der Waals surface area contributed by atoms with Gasteiger partial charge in [-0.3, -0.25) is 48.8 Å². The zero-order valence-electron chi connectivity index (χ0n) is 46.3. The Bertz CT molecular complexity index is 3260. The Morgan fingerprint density at radius 3 is 2.18 bits per heavy atom. The molecule has 1 atom stereocenters. The normalized spacial score (nSPS) is 16.7. The number of carbonyl (C=O) groups is 6. The summed E-state index contributed by atoms with van der Waals surface area (Å²) in [5, 5.41) is 28.7. The molecular weight excluding hydrogens is 1050 g/mol. The van der Waals surface area contributed by atoms with E-state index in [1.165, 1.54) is 57.1 Å². The molecule has 4 aliphatic heterocycles. The number of carbonyl (C=O) groups excluding carboxylic acids is 6. The minimum absolute atomic E-state index is 0.0607. The molecule has 6 heterocycles. The lowest BCUT2D eigenvalue weighted by molar-refractivity contribution is -0.136. The van der Waals surface area contributed by atoms with E-state index in [1.807, 2.05) is 52.2 Å². The first kappa shape index (κ1) is 57.2. The average molecular weight is 1120 g/mol. The van der Waals surface area contributed by atoms with Gasteiger partial charge in [0.1, 0.15) is 23.4 Å². The number of aromatic nitrogens is 5. The van der Waals surface area contributed by atoms with Gasteiger partial charge in [0.15, 0.2) is 5.82 Å². The third-order valence-corrected chi connectivity index (χ3v) is 16.1. The average Bonchev–Trinajstić information content (AvgIpc) is 4.19. The third-order valence-electron chi connectivity index (χ3n) is 16.1. The van der Waals surface area contributed by atoms with E-state index in [4.69, 9.17) is 4.74 Å². The summed E-state index contributed by atoms with van der Waals surface area (Å²) < 4.78 is 35.3. The minimum atomic E-state index is -1.02. The zero-order valence-corrected chi connectivity index (χ0v) is 46.3. The molecule has 3 fully saturated rings. The maximum atomic E-state index is 14.0. The lowest BCUT2D eigenvalue weighted by atomic mass is 10.0. The summed E-state index contributed by atoms with van der Waals surface area (Å²) in [7, 11) is 0. The Labute approximate surface area is 475 Å². The van der Waals surface area contributed by atoms with E-state index >= 15 is 0 Å². The summed E-state index contributed by atoms with van der Waals surface area (Å²) in [6, 6.07) is 19.0. The van der Waals surface area contributed by atoms with Crippen LogP contribution in [0, 0.1) is 11.6 Å². The Morgan fingerprint density at radius 1 is 0.732 bits per heavy atom. The smallest absolute Gasteiger partial charge is 0.264 e. The van der Waals surface area contributed by atoms with Crippen LogP contribution in [0.1, 0.15) is 157 Å². The number of nitrogens with zero attached hydrogens (tertiary/aromatic N) is 7. The molecule has 10 rings (SSSR count). The highest BCUT2D eigenvalue weighted by molar-refractivity contribution is 6.25. The molecule has 1 unspecified atom stereocenters. The van der Waals surface area contributed by atoms with Crippen LogP contribution in [0.25, 0.3) is 10.9 Å². The number of nitrogens with one attached hydrogen (secondary N) is 5. The van der Waals surface area contributed by atoms with Crippen LogP contribution < -0.4 is 26.2 Å². The van der Waals surface area contributed by atoms with Crippen LogP contribution in [0.15, 0.2) is 79.0 Å². The monoisotopic (exact) mass is 1120 g/mol. The predicted molar refractivity (Wildman–Crippen MR) is 306 cm³/mol. The quantitative estimate of drug-likeness (QED) is 0.0252. The number of aryl methyl sites for hydroxylation is 1. The number of aromatic amines is 1. The summed E-state index contributed by atoms with van der Waals surface area (Å²) in [5.74, 6) is -3.19. The second kappa shape index (κ2) is 27.1. The van der Waals surface area contributed by atoms with Crippen LogP contribution in [0.5, 0.6) is 0 Å². The standard InChI is InChI=1S/C61H72F2N12O7/c62-42-33-41(34-43(63)36-42)32-40-17-20-50-49(35-40)57(70-69-50)67-58(78)47-19-18-46(37-52(47)65-44-23-30-82-31-24-44)72-26-28-73(29-27-72)55(77)16-11-9-7-5-3-1-2-4-6-8-10-12-25-74-39-45(68-71-74)38-64-51-15-13-14-48-56(51)61(81)75(60(48)80)53-21-22-54(76)66-59(53)79/h13-15,17-20,33-37,39,44,53,64-65H,1-12,16,21-32,38H2,(H,66,76,79)(H2,67,69,70,78). The van der Waals surface area contributed by atoms with Gasteiger partial charge in [-0.25, -0.2) is 8.78 Å². The largest absolute Gasteiger partial charge is 0.381 e. The summed E-state index contributed by atoms with van der Waals surface area (Å²) >= 11 is 0.